The molecule has 0 bridgehead atoms. The summed E-state index contributed by atoms with van der Waals surface area (Å²) in [6, 6.07) is 11.7. The van der Waals surface area contributed by atoms with E-state index in [0.717, 1.165) is 11.1 Å². The minimum absolute atomic E-state index is 0.134. The lowest BCUT2D eigenvalue weighted by molar-refractivity contribution is 0.0945. The molecular formula is C17H20N2O2. The van der Waals surface area contributed by atoms with Crippen LogP contribution >= 0.6 is 0 Å². The zero-order valence-electron chi connectivity index (χ0n) is 12.1. The molecule has 1 aromatic carbocycles. The van der Waals surface area contributed by atoms with Gasteiger partial charge in [-0.2, -0.15) is 0 Å². The highest BCUT2D eigenvalue weighted by Gasteiger charge is 2.09. The van der Waals surface area contributed by atoms with Crippen LogP contribution in [0, 0.1) is 5.92 Å². The number of hydrogen-bond acceptors (Lipinski definition) is 3. The Hall–Kier alpha value is -2.20. The highest BCUT2D eigenvalue weighted by atomic mass is 16.3. The second-order valence-electron chi connectivity index (χ2n) is 5.16. The van der Waals surface area contributed by atoms with Crippen LogP contribution < -0.4 is 5.32 Å². The van der Waals surface area contributed by atoms with E-state index >= 15 is 0 Å². The Morgan fingerprint density at radius 1 is 1.24 bits per heavy atom. The van der Waals surface area contributed by atoms with Gasteiger partial charge >= 0.3 is 0 Å². The van der Waals surface area contributed by atoms with Gasteiger partial charge in [0.25, 0.3) is 5.91 Å². The van der Waals surface area contributed by atoms with E-state index in [1.807, 2.05) is 43.3 Å². The molecule has 0 radical (unpaired) electrons. The molecule has 1 atom stereocenters. The lowest BCUT2D eigenvalue weighted by Crippen LogP contribution is -2.28. The van der Waals surface area contributed by atoms with Crippen LogP contribution in [0.5, 0.6) is 0 Å². The Morgan fingerprint density at radius 2 is 2.00 bits per heavy atom. The summed E-state index contributed by atoms with van der Waals surface area (Å²) < 4.78 is 0. The molecule has 0 aliphatic heterocycles. The van der Waals surface area contributed by atoms with E-state index in [9.17, 15) is 4.79 Å². The topological polar surface area (TPSA) is 62.2 Å². The predicted octanol–water partition coefficient (Wildman–Crippen LogP) is 2.50. The van der Waals surface area contributed by atoms with E-state index in [2.05, 4.69) is 10.3 Å². The highest BCUT2D eigenvalue weighted by molar-refractivity contribution is 5.95. The Bertz CT molecular complexity index is 584. The molecule has 110 valence electrons. The number of aromatic nitrogens is 1. The van der Waals surface area contributed by atoms with Crippen LogP contribution in [0.25, 0.3) is 11.1 Å². The van der Waals surface area contributed by atoms with Gasteiger partial charge in [-0.1, -0.05) is 37.3 Å². The zero-order chi connectivity index (χ0) is 15.1. The number of aliphatic hydroxyl groups excluding tert-OH is 1. The van der Waals surface area contributed by atoms with Gasteiger partial charge < -0.3 is 10.4 Å². The Kier molecular flexibility index (Phi) is 5.46. The maximum absolute atomic E-state index is 12.1. The first-order valence-corrected chi connectivity index (χ1v) is 7.10. The summed E-state index contributed by atoms with van der Waals surface area (Å²) in [6.45, 7) is 2.69. The number of benzene rings is 1. The van der Waals surface area contributed by atoms with Crippen LogP contribution in [0.4, 0.5) is 0 Å². The third kappa shape index (κ3) is 4.39. The average Bonchev–Trinajstić information content (AvgIpc) is 2.54. The van der Waals surface area contributed by atoms with Crippen molar-refractivity contribution >= 4 is 5.91 Å². The van der Waals surface area contributed by atoms with Crippen LogP contribution in [0.2, 0.25) is 0 Å². The van der Waals surface area contributed by atoms with E-state index < -0.39 is 0 Å². The first-order valence-electron chi connectivity index (χ1n) is 7.10. The van der Waals surface area contributed by atoms with Gasteiger partial charge in [0.2, 0.25) is 0 Å². The van der Waals surface area contributed by atoms with Crippen molar-refractivity contribution in [2.75, 3.05) is 13.2 Å². The molecule has 1 unspecified atom stereocenters. The Balaban J connectivity index is 2.05. The first-order chi connectivity index (χ1) is 10.2. The average molecular weight is 284 g/mol. The number of amides is 1. The van der Waals surface area contributed by atoms with Crippen LogP contribution in [0.3, 0.4) is 0 Å². The summed E-state index contributed by atoms with van der Waals surface area (Å²) in [5.74, 6) is 0.120. The maximum Gasteiger partial charge on any atom is 0.252 e. The van der Waals surface area contributed by atoms with Crippen molar-refractivity contribution in [3.63, 3.8) is 0 Å². The largest absolute Gasteiger partial charge is 0.396 e. The Morgan fingerprint density at radius 3 is 2.71 bits per heavy atom. The van der Waals surface area contributed by atoms with Crippen LogP contribution in [-0.4, -0.2) is 29.1 Å². The van der Waals surface area contributed by atoms with Crippen molar-refractivity contribution in [3.05, 3.63) is 54.4 Å². The monoisotopic (exact) mass is 284 g/mol. The number of hydrogen-bond donors (Lipinski definition) is 2. The molecule has 0 fully saturated rings. The lowest BCUT2D eigenvalue weighted by Gasteiger charge is -2.11. The molecule has 4 heteroatoms. The summed E-state index contributed by atoms with van der Waals surface area (Å²) in [6.07, 6.45) is 4.00. The summed E-state index contributed by atoms with van der Waals surface area (Å²) in [4.78, 5) is 16.3. The molecular weight excluding hydrogens is 264 g/mol. The molecule has 0 aliphatic rings. The third-order valence-corrected chi connectivity index (χ3v) is 3.34. The van der Waals surface area contributed by atoms with Crippen molar-refractivity contribution in [2.45, 2.75) is 13.3 Å². The molecule has 4 nitrogen and oxygen atoms in total. The van der Waals surface area contributed by atoms with Crippen LogP contribution in [-0.2, 0) is 0 Å². The van der Waals surface area contributed by atoms with Crippen molar-refractivity contribution in [2.24, 2.45) is 5.92 Å². The van der Waals surface area contributed by atoms with Gasteiger partial charge in [-0.3, -0.25) is 9.78 Å². The number of nitrogens with one attached hydrogen (secondary N) is 1. The minimum Gasteiger partial charge on any atom is -0.396 e. The summed E-state index contributed by atoms with van der Waals surface area (Å²) in [5, 5.41) is 11.7. The number of carbonyl (C=O) groups excluding carboxylic acids is 1. The van der Waals surface area contributed by atoms with Gasteiger partial charge in [0, 0.05) is 31.1 Å². The van der Waals surface area contributed by atoms with Gasteiger partial charge in [-0.05, 0) is 24.0 Å². The van der Waals surface area contributed by atoms with E-state index in [4.69, 9.17) is 5.11 Å². The quantitative estimate of drug-likeness (QED) is 0.856. The van der Waals surface area contributed by atoms with Gasteiger partial charge in [0.1, 0.15) is 0 Å². The van der Waals surface area contributed by atoms with Crippen LogP contribution in [0.1, 0.15) is 23.7 Å². The van der Waals surface area contributed by atoms with E-state index in [0.29, 0.717) is 18.5 Å². The molecule has 0 aliphatic carbocycles. The maximum atomic E-state index is 12.1. The van der Waals surface area contributed by atoms with Crippen molar-refractivity contribution in [1.82, 2.24) is 10.3 Å². The summed E-state index contributed by atoms with van der Waals surface area (Å²) >= 11 is 0. The molecule has 1 aromatic heterocycles. The summed E-state index contributed by atoms with van der Waals surface area (Å²) in [5.41, 5.74) is 2.51. The molecule has 21 heavy (non-hydrogen) atoms. The first kappa shape index (κ1) is 15.2. The highest BCUT2D eigenvalue weighted by Crippen LogP contribution is 2.18. The van der Waals surface area contributed by atoms with Gasteiger partial charge in [-0.25, -0.2) is 0 Å². The summed E-state index contributed by atoms with van der Waals surface area (Å²) in [7, 11) is 0. The predicted molar refractivity (Wildman–Crippen MR) is 82.9 cm³/mol. The van der Waals surface area contributed by atoms with E-state index in [1.54, 1.807) is 12.4 Å². The molecule has 2 N–H and O–H groups in total. The normalized spacial score (nSPS) is 11.9. The third-order valence-electron chi connectivity index (χ3n) is 3.34. The Labute approximate surface area is 124 Å². The zero-order valence-corrected chi connectivity index (χ0v) is 12.1. The smallest absolute Gasteiger partial charge is 0.252 e. The fourth-order valence-corrected chi connectivity index (χ4v) is 2.04. The lowest BCUT2D eigenvalue weighted by atomic mass is 10.1. The fraction of sp³-hybridized carbons (Fsp3) is 0.294. The number of rotatable bonds is 6. The molecule has 1 amide bonds. The van der Waals surface area contributed by atoms with Gasteiger partial charge in [-0.15, -0.1) is 0 Å². The fourth-order valence-electron chi connectivity index (χ4n) is 2.04. The van der Waals surface area contributed by atoms with Crippen molar-refractivity contribution in [3.8, 4) is 11.1 Å². The second kappa shape index (κ2) is 7.55. The minimum atomic E-state index is -0.134. The molecule has 0 saturated carbocycles. The van der Waals surface area contributed by atoms with Crippen molar-refractivity contribution in [1.29, 1.82) is 0 Å². The molecule has 2 rings (SSSR count). The standard InChI is InChI=1S/C17H20N2O2/c1-13(7-8-20)10-19-17(21)16-9-15(11-18-12-16)14-5-3-2-4-6-14/h2-6,9,11-13,20H,7-8,10H2,1H3,(H,19,21). The van der Waals surface area contributed by atoms with Gasteiger partial charge in [0.15, 0.2) is 0 Å². The number of nitrogens with zero attached hydrogens (tertiary/aromatic N) is 1. The van der Waals surface area contributed by atoms with E-state index in [-0.39, 0.29) is 18.4 Å². The van der Waals surface area contributed by atoms with Crippen molar-refractivity contribution < 1.29 is 9.90 Å². The van der Waals surface area contributed by atoms with Crippen LogP contribution in [0.15, 0.2) is 48.8 Å². The van der Waals surface area contributed by atoms with Gasteiger partial charge in [0.05, 0.1) is 5.56 Å². The molecule has 0 spiro atoms. The molecule has 0 saturated heterocycles. The van der Waals surface area contributed by atoms with E-state index in [1.165, 1.54) is 0 Å². The SMILES string of the molecule is CC(CCO)CNC(=O)c1cncc(-c2ccccc2)c1. The number of pyridine rings is 1. The second-order valence-corrected chi connectivity index (χ2v) is 5.16. The number of carbonyl (C=O) groups is 1. The molecule has 2 aromatic rings. The number of aliphatic hydroxyl groups is 1. The molecule has 1 heterocycles.